The molecule has 0 N–H and O–H groups in total. The molecule has 0 unspecified atom stereocenters. The van der Waals surface area contributed by atoms with Crippen LogP contribution in [0.5, 0.6) is 5.75 Å². The molecule has 0 aliphatic heterocycles. The molecule has 0 bridgehead atoms. The van der Waals surface area contributed by atoms with Gasteiger partial charge in [-0.2, -0.15) is 0 Å². The van der Waals surface area contributed by atoms with Crippen LogP contribution in [0.2, 0.25) is 0 Å². The van der Waals surface area contributed by atoms with Crippen molar-refractivity contribution in [3.8, 4) is 5.75 Å². The Balaban J connectivity index is 1.89. The number of carbonyl (C=O) groups excluding carboxylic acids is 1. The minimum Gasteiger partial charge on any atom is -0.494 e. The Morgan fingerprint density at radius 1 is 1.23 bits per heavy atom. The molecule has 2 rings (SSSR count). The molecule has 4 heteroatoms. The van der Waals surface area contributed by atoms with Crippen molar-refractivity contribution in [2.75, 3.05) is 13.7 Å². The third kappa shape index (κ3) is 4.38. The Kier molecular flexibility index (Phi) is 5.64. The molecule has 1 aromatic carbocycles. The van der Waals surface area contributed by atoms with Crippen LogP contribution >= 0.6 is 0 Å². The van der Waals surface area contributed by atoms with E-state index in [-0.39, 0.29) is 5.91 Å². The monoisotopic (exact) mass is 301 g/mol. The Labute approximate surface area is 131 Å². The van der Waals surface area contributed by atoms with E-state index in [1.165, 1.54) is 0 Å². The Hall–Kier alpha value is -2.23. The van der Waals surface area contributed by atoms with E-state index >= 15 is 0 Å². The summed E-state index contributed by atoms with van der Waals surface area (Å²) in [4.78, 5) is 13.9. The van der Waals surface area contributed by atoms with E-state index in [9.17, 15) is 4.79 Å². The number of ether oxygens (including phenoxy) is 1. The van der Waals surface area contributed by atoms with Crippen molar-refractivity contribution >= 4 is 5.91 Å². The van der Waals surface area contributed by atoms with Crippen molar-refractivity contribution in [1.82, 2.24) is 4.90 Å². The number of amides is 1. The number of aryl methyl sites for hydroxylation is 2. The quantitative estimate of drug-likeness (QED) is 0.785. The molecule has 0 atom stereocenters. The second-order valence-electron chi connectivity index (χ2n) is 5.30. The smallest absolute Gasteiger partial charge is 0.223 e. The first-order valence-electron chi connectivity index (χ1n) is 7.60. The molecule has 0 spiro atoms. The summed E-state index contributed by atoms with van der Waals surface area (Å²) in [5, 5.41) is 0. The van der Waals surface area contributed by atoms with Gasteiger partial charge in [-0.1, -0.05) is 18.2 Å². The SMILES string of the molecule is CCOc1ccccc1CCC(=O)N(C)Cc1ccc(C)o1. The summed E-state index contributed by atoms with van der Waals surface area (Å²) in [6.45, 7) is 4.99. The highest BCUT2D eigenvalue weighted by atomic mass is 16.5. The number of carbonyl (C=O) groups is 1. The van der Waals surface area contributed by atoms with Gasteiger partial charge >= 0.3 is 0 Å². The fraction of sp³-hybridized carbons (Fsp3) is 0.389. The normalized spacial score (nSPS) is 10.5. The zero-order valence-corrected chi connectivity index (χ0v) is 13.5. The van der Waals surface area contributed by atoms with Crippen LogP contribution < -0.4 is 4.74 Å². The highest BCUT2D eigenvalue weighted by Gasteiger charge is 2.12. The van der Waals surface area contributed by atoms with Crippen LogP contribution in [0.25, 0.3) is 0 Å². The van der Waals surface area contributed by atoms with Gasteiger partial charge in [-0.3, -0.25) is 4.79 Å². The van der Waals surface area contributed by atoms with Gasteiger partial charge < -0.3 is 14.1 Å². The predicted molar refractivity (Wildman–Crippen MR) is 85.9 cm³/mol. The van der Waals surface area contributed by atoms with Crippen LogP contribution in [0.3, 0.4) is 0 Å². The number of hydrogen-bond donors (Lipinski definition) is 0. The van der Waals surface area contributed by atoms with Crippen LogP contribution in [0.15, 0.2) is 40.8 Å². The van der Waals surface area contributed by atoms with E-state index in [1.807, 2.05) is 50.2 Å². The van der Waals surface area contributed by atoms with Crippen molar-refractivity contribution in [1.29, 1.82) is 0 Å². The molecule has 0 aliphatic carbocycles. The van der Waals surface area contributed by atoms with Gasteiger partial charge in [0.15, 0.2) is 0 Å². The summed E-state index contributed by atoms with van der Waals surface area (Å²) in [6, 6.07) is 11.7. The maximum Gasteiger partial charge on any atom is 0.223 e. The van der Waals surface area contributed by atoms with Crippen LogP contribution in [0, 0.1) is 6.92 Å². The standard InChI is InChI=1S/C18H23NO3/c1-4-21-17-8-6-5-7-15(17)10-12-18(20)19(3)13-16-11-9-14(2)22-16/h5-9,11H,4,10,12-13H2,1-3H3. The van der Waals surface area contributed by atoms with Crippen molar-refractivity contribution < 1.29 is 13.9 Å². The van der Waals surface area contributed by atoms with Crippen molar-refractivity contribution in [3.05, 3.63) is 53.5 Å². The summed E-state index contributed by atoms with van der Waals surface area (Å²) in [7, 11) is 1.80. The van der Waals surface area contributed by atoms with E-state index in [0.717, 1.165) is 22.8 Å². The number of furan rings is 1. The number of hydrogen-bond acceptors (Lipinski definition) is 3. The molecule has 1 aromatic heterocycles. The lowest BCUT2D eigenvalue weighted by molar-refractivity contribution is -0.130. The first-order chi connectivity index (χ1) is 10.6. The molecule has 22 heavy (non-hydrogen) atoms. The molecule has 1 amide bonds. The largest absolute Gasteiger partial charge is 0.494 e. The predicted octanol–water partition coefficient (Wildman–Crippen LogP) is 3.58. The van der Waals surface area contributed by atoms with E-state index < -0.39 is 0 Å². The third-order valence-electron chi connectivity index (χ3n) is 3.50. The van der Waals surface area contributed by atoms with Crippen molar-refractivity contribution in [2.24, 2.45) is 0 Å². The lowest BCUT2D eigenvalue weighted by atomic mass is 10.1. The molecule has 4 nitrogen and oxygen atoms in total. The molecule has 1 heterocycles. The zero-order chi connectivity index (χ0) is 15.9. The first-order valence-corrected chi connectivity index (χ1v) is 7.60. The van der Waals surface area contributed by atoms with E-state index in [4.69, 9.17) is 9.15 Å². The topological polar surface area (TPSA) is 42.7 Å². The number of rotatable bonds is 7. The fourth-order valence-corrected chi connectivity index (χ4v) is 2.33. The third-order valence-corrected chi connectivity index (χ3v) is 3.50. The highest BCUT2D eigenvalue weighted by Crippen LogP contribution is 2.20. The zero-order valence-electron chi connectivity index (χ0n) is 13.5. The Morgan fingerprint density at radius 3 is 2.68 bits per heavy atom. The second-order valence-corrected chi connectivity index (χ2v) is 5.30. The Morgan fingerprint density at radius 2 is 2.00 bits per heavy atom. The van der Waals surface area contributed by atoms with E-state index in [1.54, 1.807) is 11.9 Å². The van der Waals surface area contributed by atoms with E-state index in [2.05, 4.69) is 0 Å². The Bertz CT molecular complexity index is 618. The fourth-order valence-electron chi connectivity index (χ4n) is 2.33. The molecule has 0 radical (unpaired) electrons. The highest BCUT2D eigenvalue weighted by molar-refractivity contribution is 5.76. The van der Waals surface area contributed by atoms with Gasteiger partial charge in [-0.25, -0.2) is 0 Å². The molecule has 2 aromatic rings. The van der Waals surface area contributed by atoms with Gasteiger partial charge in [0.05, 0.1) is 13.2 Å². The average molecular weight is 301 g/mol. The van der Waals surface area contributed by atoms with Gasteiger partial charge in [-0.15, -0.1) is 0 Å². The first kappa shape index (κ1) is 16.1. The molecule has 118 valence electrons. The van der Waals surface area contributed by atoms with Crippen molar-refractivity contribution in [2.45, 2.75) is 33.2 Å². The molecule has 0 saturated carbocycles. The summed E-state index contributed by atoms with van der Waals surface area (Å²) in [6.07, 6.45) is 1.14. The average Bonchev–Trinajstić information content (AvgIpc) is 2.91. The van der Waals surface area contributed by atoms with Crippen LogP contribution in [0.1, 0.15) is 30.4 Å². The maximum atomic E-state index is 12.2. The number of nitrogens with zero attached hydrogens (tertiary/aromatic N) is 1. The van der Waals surface area contributed by atoms with Crippen LogP contribution in [0.4, 0.5) is 0 Å². The molecular weight excluding hydrogens is 278 g/mol. The number of benzene rings is 1. The molecular formula is C18H23NO3. The van der Waals surface area contributed by atoms with E-state index in [0.29, 0.717) is 26.0 Å². The second kappa shape index (κ2) is 7.69. The minimum absolute atomic E-state index is 0.0976. The van der Waals surface area contributed by atoms with Crippen molar-refractivity contribution in [3.63, 3.8) is 0 Å². The summed E-state index contributed by atoms with van der Waals surface area (Å²) in [5.41, 5.74) is 1.07. The molecule has 0 fully saturated rings. The number of para-hydroxylation sites is 1. The van der Waals surface area contributed by atoms with Crippen LogP contribution in [-0.4, -0.2) is 24.5 Å². The summed E-state index contributed by atoms with van der Waals surface area (Å²) >= 11 is 0. The lowest BCUT2D eigenvalue weighted by Gasteiger charge is -2.16. The van der Waals surface area contributed by atoms with Gasteiger partial charge in [0.2, 0.25) is 5.91 Å². The summed E-state index contributed by atoms with van der Waals surface area (Å²) < 4.78 is 11.1. The lowest BCUT2D eigenvalue weighted by Crippen LogP contribution is -2.26. The van der Waals surface area contributed by atoms with Gasteiger partial charge in [0.25, 0.3) is 0 Å². The maximum absolute atomic E-state index is 12.2. The summed E-state index contributed by atoms with van der Waals surface area (Å²) in [5.74, 6) is 2.63. The van der Waals surface area contributed by atoms with Crippen LogP contribution in [-0.2, 0) is 17.8 Å². The molecule has 0 saturated heterocycles. The minimum atomic E-state index is 0.0976. The van der Waals surface area contributed by atoms with Gasteiger partial charge in [0.1, 0.15) is 17.3 Å². The molecule has 0 aliphatic rings. The van der Waals surface area contributed by atoms with Gasteiger partial charge in [0, 0.05) is 13.5 Å². The van der Waals surface area contributed by atoms with Gasteiger partial charge in [-0.05, 0) is 44.0 Å².